The molecule has 0 aromatic carbocycles. The summed E-state index contributed by atoms with van der Waals surface area (Å²) in [5, 5.41) is 9.27. The van der Waals surface area contributed by atoms with Gasteiger partial charge in [-0.15, -0.1) is 0 Å². The average molecular weight is 263 g/mol. The molecule has 2 N–H and O–H groups in total. The quantitative estimate of drug-likeness (QED) is 0.818. The highest BCUT2D eigenvalue weighted by atomic mass is 32.1. The van der Waals surface area contributed by atoms with Gasteiger partial charge in [-0.3, -0.25) is 0 Å². The van der Waals surface area contributed by atoms with Crippen molar-refractivity contribution in [3.63, 3.8) is 0 Å². The molecule has 0 aliphatic carbocycles. The Morgan fingerprint density at radius 2 is 2.28 bits per heavy atom. The number of aromatic nitrogens is 3. The fourth-order valence-corrected chi connectivity index (χ4v) is 3.23. The molecule has 2 aromatic heterocycles. The van der Waals surface area contributed by atoms with Crippen LogP contribution in [-0.2, 0) is 19.4 Å². The van der Waals surface area contributed by atoms with Crippen molar-refractivity contribution in [3.05, 3.63) is 22.2 Å². The summed E-state index contributed by atoms with van der Waals surface area (Å²) >= 11 is 5.37. The number of H-pyrrole nitrogens is 1. The molecule has 1 aliphatic rings. The molecular weight excluding hydrogens is 246 g/mol. The largest absolute Gasteiger partial charge is 0.396 e. The van der Waals surface area contributed by atoms with Gasteiger partial charge in [0.15, 0.2) is 4.64 Å². The van der Waals surface area contributed by atoms with Gasteiger partial charge in [0.1, 0.15) is 5.52 Å². The summed E-state index contributed by atoms with van der Waals surface area (Å²) in [5.41, 5.74) is 4.68. The Labute approximate surface area is 111 Å². The number of nitrogens with zero attached hydrogens (tertiary/aromatic N) is 2. The summed E-state index contributed by atoms with van der Waals surface area (Å²) in [7, 11) is 0. The van der Waals surface area contributed by atoms with Crippen LogP contribution < -0.4 is 0 Å². The zero-order chi connectivity index (χ0) is 12.5. The predicted molar refractivity (Wildman–Crippen MR) is 73.3 cm³/mol. The fourth-order valence-electron chi connectivity index (χ4n) is 2.97. The van der Waals surface area contributed by atoms with E-state index in [2.05, 4.69) is 14.5 Å². The van der Waals surface area contributed by atoms with Gasteiger partial charge in [0.25, 0.3) is 0 Å². The molecule has 3 heterocycles. The van der Waals surface area contributed by atoms with Gasteiger partial charge in [0, 0.05) is 18.8 Å². The first-order chi connectivity index (χ1) is 8.83. The van der Waals surface area contributed by atoms with E-state index in [4.69, 9.17) is 12.2 Å². The van der Waals surface area contributed by atoms with E-state index in [1.54, 1.807) is 6.33 Å². The molecule has 1 aliphatic heterocycles. The molecule has 0 atom stereocenters. The smallest absolute Gasteiger partial charge is 0.153 e. The van der Waals surface area contributed by atoms with Gasteiger partial charge in [-0.05, 0) is 31.2 Å². The van der Waals surface area contributed by atoms with Crippen LogP contribution in [0.1, 0.15) is 30.5 Å². The van der Waals surface area contributed by atoms with Crippen molar-refractivity contribution in [2.24, 2.45) is 0 Å². The minimum absolute atomic E-state index is 0.176. The van der Waals surface area contributed by atoms with E-state index in [0.29, 0.717) is 11.1 Å². The summed E-state index contributed by atoms with van der Waals surface area (Å²) < 4.78 is 2.98. The van der Waals surface area contributed by atoms with Crippen LogP contribution >= 0.6 is 12.2 Å². The maximum Gasteiger partial charge on any atom is 0.153 e. The first kappa shape index (κ1) is 11.9. The number of aromatic amines is 1. The Morgan fingerprint density at radius 1 is 1.39 bits per heavy atom. The van der Waals surface area contributed by atoms with Crippen molar-refractivity contribution in [1.29, 1.82) is 0 Å². The summed E-state index contributed by atoms with van der Waals surface area (Å²) in [5.74, 6) is 0. The maximum absolute atomic E-state index is 9.27. The van der Waals surface area contributed by atoms with E-state index in [1.807, 2.05) is 0 Å². The first-order valence-corrected chi connectivity index (χ1v) is 6.92. The molecule has 0 saturated heterocycles. The van der Waals surface area contributed by atoms with Gasteiger partial charge in [0.05, 0.1) is 11.8 Å². The predicted octanol–water partition coefficient (Wildman–Crippen LogP) is 2.36. The number of hydrogen-bond acceptors (Lipinski definition) is 3. The lowest BCUT2D eigenvalue weighted by molar-refractivity contribution is 0.299. The van der Waals surface area contributed by atoms with Crippen molar-refractivity contribution in [2.75, 3.05) is 6.61 Å². The van der Waals surface area contributed by atoms with E-state index in [-0.39, 0.29) is 6.61 Å². The molecule has 0 unspecified atom stereocenters. The molecule has 0 saturated carbocycles. The van der Waals surface area contributed by atoms with Gasteiger partial charge in [-0.25, -0.2) is 4.98 Å². The number of nitrogens with one attached hydrogen (secondary N) is 1. The number of fused-ring (bicyclic) bond motifs is 3. The minimum Gasteiger partial charge on any atom is -0.396 e. The third-order valence-electron chi connectivity index (χ3n) is 3.73. The minimum atomic E-state index is 0.176. The highest BCUT2D eigenvalue weighted by Crippen LogP contribution is 2.29. The molecule has 0 radical (unpaired) electrons. The van der Waals surface area contributed by atoms with E-state index >= 15 is 0 Å². The van der Waals surface area contributed by atoms with Gasteiger partial charge >= 0.3 is 0 Å². The van der Waals surface area contributed by atoms with E-state index in [1.165, 1.54) is 30.5 Å². The van der Waals surface area contributed by atoms with E-state index < -0.39 is 0 Å². The molecule has 0 fully saturated rings. The zero-order valence-electron chi connectivity index (χ0n) is 10.3. The molecule has 0 bridgehead atoms. The lowest BCUT2D eigenvalue weighted by Gasteiger charge is -2.06. The highest BCUT2D eigenvalue weighted by Gasteiger charge is 2.19. The van der Waals surface area contributed by atoms with Gasteiger partial charge < -0.3 is 14.7 Å². The Balaban J connectivity index is 2.34. The molecular formula is C13H17N3OS. The van der Waals surface area contributed by atoms with Gasteiger partial charge in [-0.1, -0.05) is 18.6 Å². The maximum atomic E-state index is 9.27. The fraction of sp³-hybridized carbons (Fsp3) is 0.538. The third-order valence-corrected chi connectivity index (χ3v) is 4.03. The number of hydrogen-bond donors (Lipinski definition) is 2. The van der Waals surface area contributed by atoms with Crippen LogP contribution in [-0.4, -0.2) is 26.2 Å². The van der Waals surface area contributed by atoms with E-state index in [9.17, 15) is 5.11 Å². The number of aliphatic hydroxyl groups excluding tert-OH is 1. The molecule has 0 spiro atoms. The number of aliphatic hydroxyl groups is 1. The Morgan fingerprint density at radius 3 is 3.11 bits per heavy atom. The lowest BCUT2D eigenvalue weighted by Crippen LogP contribution is -2.02. The van der Waals surface area contributed by atoms with Gasteiger partial charge in [-0.2, -0.15) is 0 Å². The Hall–Kier alpha value is -1.20. The van der Waals surface area contributed by atoms with Crippen LogP contribution in [0.25, 0.3) is 11.0 Å². The summed E-state index contributed by atoms with van der Waals surface area (Å²) in [6.07, 6.45) is 7.10. The van der Waals surface area contributed by atoms with Gasteiger partial charge in [0.2, 0.25) is 0 Å². The summed E-state index contributed by atoms with van der Waals surface area (Å²) in [6.45, 7) is 1.19. The molecule has 3 rings (SSSR count). The number of aryl methyl sites for hydroxylation is 1. The van der Waals surface area contributed by atoms with Crippen LogP contribution in [0.3, 0.4) is 0 Å². The first-order valence-electron chi connectivity index (χ1n) is 6.51. The standard InChI is InChI=1S/C13H17N3OS/c17-7-5-9-10-4-2-1-3-6-16(10)12-11(9)14-8-15-13(12)18/h8,17H,1-7H2,(H,14,15,18). The van der Waals surface area contributed by atoms with Crippen LogP contribution in [0.15, 0.2) is 6.33 Å². The Kier molecular flexibility index (Phi) is 3.18. The second kappa shape index (κ2) is 4.82. The normalized spacial score (nSPS) is 15.6. The van der Waals surface area contributed by atoms with Crippen LogP contribution in [0, 0.1) is 4.64 Å². The second-order valence-electron chi connectivity index (χ2n) is 4.79. The average Bonchev–Trinajstić information content (AvgIpc) is 2.53. The van der Waals surface area contributed by atoms with Crippen molar-refractivity contribution in [1.82, 2.24) is 14.5 Å². The molecule has 96 valence electrons. The Bertz CT molecular complexity index is 629. The summed E-state index contributed by atoms with van der Waals surface area (Å²) in [6, 6.07) is 0. The SMILES string of the molecule is OCCc1c2n(c3c(=S)nc[nH]c13)CCCCC2. The molecule has 18 heavy (non-hydrogen) atoms. The highest BCUT2D eigenvalue weighted by molar-refractivity contribution is 7.71. The molecule has 0 amide bonds. The second-order valence-corrected chi connectivity index (χ2v) is 5.18. The third kappa shape index (κ3) is 1.78. The van der Waals surface area contributed by atoms with Crippen molar-refractivity contribution >= 4 is 23.3 Å². The van der Waals surface area contributed by atoms with E-state index in [0.717, 1.165) is 24.0 Å². The summed E-state index contributed by atoms with van der Waals surface area (Å²) in [4.78, 5) is 7.41. The zero-order valence-corrected chi connectivity index (χ0v) is 11.1. The van der Waals surface area contributed by atoms with Crippen LogP contribution in [0.4, 0.5) is 0 Å². The molecule has 4 nitrogen and oxygen atoms in total. The van der Waals surface area contributed by atoms with Crippen molar-refractivity contribution in [3.8, 4) is 0 Å². The molecule has 5 heteroatoms. The van der Waals surface area contributed by atoms with Crippen molar-refractivity contribution < 1.29 is 5.11 Å². The monoisotopic (exact) mass is 263 g/mol. The number of rotatable bonds is 2. The van der Waals surface area contributed by atoms with Crippen LogP contribution in [0.2, 0.25) is 0 Å². The van der Waals surface area contributed by atoms with Crippen molar-refractivity contribution in [2.45, 2.75) is 38.6 Å². The topological polar surface area (TPSA) is 53.8 Å². The lowest BCUT2D eigenvalue weighted by atomic mass is 10.1. The molecule has 2 aromatic rings. The van der Waals surface area contributed by atoms with Crippen LogP contribution in [0.5, 0.6) is 0 Å².